The van der Waals surface area contributed by atoms with E-state index in [0.717, 1.165) is 19.4 Å². The van der Waals surface area contributed by atoms with Crippen LogP contribution in [0.1, 0.15) is 65.2 Å². The molecule has 0 unspecified atom stereocenters. The lowest BCUT2D eigenvalue weighted by Crippen LogP contribution is -2.58. The topological polar surface area (TPSA) is 29.1 Å². The van der Waals surface area contributed by atoms with Gasteiger partial charge in [-0.05, 0) is 12.8 Å². The molecule has 1 rings (SSSR count). The molecule has 88 valence electrons. The lowest BCUT2D eigenvalue weighted by molar-refractivity contribution is -0.141. The van der Waals surface area contributed by atoms with Gasteiger partial charge in [0.05, 0.1) is 5.41 Å². The van der Waals surface area contributed by atoms with Crippen molar-refractivity contribution in [2.24, 2.45) is 5.41 Å². The SMILES string of the molecule is CCCCCC1(CCCCC)CNC1=O. The van der Waals surface area contributed by atoms with Gasteiger partial charge in [-0.2, -0.15) is 0 Å². The lowest BCUT2D eigenvalue weighted by atomic mass is 9.72. The van der Waals surface area contributed by atoms with Gasteiger partial charge in [0.25, 0.3) is 0 Å². The highest BCUT2D eigenvalue weighted by atomic mass is 16.2. The minimum atomic E-state index is 0.0321. The fourth-order valence-corrected chi connectivity index (χ4v) is 2.37. The summed E-state index contributed by atoms with van der Waals surface area (Å²) in [6, 6.07) is 0. The number of unbranched alkanes of at least 4 members (excludes halogenated alkanes) is 4. The maximum Gasteiger partial charge on any atom is 0.228 e. The van der Waals surface area contributed by atoms with Crippen LogP contribution in [-0.4, -0.2) is 12.5 Å². The van der Waals surface area contributed by atoms with E-state index in [1.807, 2.05) is 0 Å². The molecule has 0 saturated carbocycles. The van der Waals surface area contributed by atoms with E-state index in [-0.39, 0.29) is 5.41 Å². The Kier molecular flexibility index (Phi) is 5.13. The Hall–Kier alpha value is -0.530. The number of rotatable bonds is 8. The van der Waals surface area contributed by atoms with Crippen LogP contribution in [0.5, 0.6) is 0 Å². The molecule has 0 spiro atoms. The predicted molar refractivity (Wildman–Crippen MR) is 63.7 cm³/mol. The molecule has 0 aromatic heterocycles. The average Bonchev–Trinajstić information content (AvgIpc) is 2.25. The van der Waals surface area contributed by atoms with E-state index < -0.39 is 0 Å². The lowest BCUT2D eigenvalue weighted by Gasteiger charge is -2.41. The van der Waals surface area contributed by atoms with Gasteiger partial charge in [0.1, 0.15) is 0 Å². The summed E-state index contributed by atoms with van der Waals surface area (Å²) in [5.74, 6) is 0.315. The first kappa shape index (κ1) is 12.5. The van der Waals surface area contributed by atoms with Crippen molar-refractivity contribution in [2.45, 2.75) is 65.2 Å². The highest BCUT2D eigenvalue weighted by Crippen LogP contribution is 2.36. The van der Waals surface area contributed by atoms with Crippen molar-refractivity contribution in [1.29, 1.82) is 0 Å². The van der Waals surface area contributed by atoms with Gasteiger partial charge in [-0.25, -0.2) is 0 Å². The van der Waals surface area contributed by atoms with Gasteiger partial charge < -0.3 is 5.32 Å². The monoisotopic (exact) mass is 211 g/mol. The molecule has 1 aliphatic rings. The molecule has 0 atom stereocenters. The third-order valence-corrected chi connectivity index (χ3v) is 3.59. The Bertz CT molecular complexity index is 191. The molecule has 1 fully saturated rings. The van der Waals surface area contributed by atoms with Crippen molar-refractivity contribution >= 4 is 5.91 Å². The molecule has 0 aliphatic carbocycles. The molecule has 1 saturated heterocycles. The minimum absolute atomic E-state index is 0.0321. The first-order valence-corrected chi connectivity index (χ1v) is 6.53. The summed E-state index contributed by atoms with van der Waals surface area (Å²) in [5, 5.41) is 2.91. The summed E-state index contributed by atoms with van der Waals surface area (Å²) < 4.78 is 0. The molecular formula is C13H25NO. The van der Waals surface area contributed by atoms with Crippen LogP contribution in [0.15, 0.2) is 0 Å². The van der Waals surface area contributed by atoms with Crippen LogP contribution in [-0.2, 0) is 4.79 Å². The van der Waals surface area contributed by atoms with E-state index in [1.54, 1.807) is 0 Å². The van der Waals surface area contributed by atoms with E-state index in [4.69, 9.17) is 0 Å². The Labute approximate surface area is 93.8 Å². The predicted octanol–water partition coefficient (Wildman–Crippen LogP) is 3.26. The van der Waals surface area contributed by atoms with Crippen molar-refractivity contribution in [2.75, 3.05) is 6.54 Å². The maximum atomic E-state index is 11.6. The average molecular weight is 211 g/mol. The molecule has 1 aliphatic heterocycles. The smallest absolute Gasteiger partial charge is 0.228 e. The van der Waals surface area contributed by atoms with E-state index in [9.17, 15) is 4.79 Å². The highest BCUT2D eigenvalue weighted by Gasteiger charge is 2.44. The number of hydrogen-bond acceptors (Lipinski definition) is 1. The summed E-state index contributed by atoms with van der Waals surface area (Å²) in [5.41, 5.74) is 0.0321. The second-order valence-electron chi connectivity index (χ2n) is 4.88. The van der Waals surface area contributed by atoms with Crippen molar-refractivity contribution in [3.8, 4) is 0 Å². The standard InChI is InChI=1S/C13H25NO/c1-3-5-7-9-13(10-8-6-4-2)11-14-12(13)15/h3-11H2,1-2H3,(H,14,15). The number of hydrogen-bond donors (Lipinski definition) is 1. The van der Waals surface area contributed by atoms with Crippen molar-refractivity contribution in [3.05, 3.63) is 0 Å². The maximum absolute atomic E-state index is 11.6. The van der Waals surface area contributed by atoms with Gasteiger partial charge in [0.15, 0.2) is 0 Å². The zero-order valence-corrected chi connectivity index (χ0v) is 10.3. The molecule has 0 aromatic carbocycles. The van der Waals surface area contributed by atoms with Crippen LogP contribution < -0.4 is 5.32 Å². The Balaban J connectivity index is 2.30. The first-order valence-electron chi connectivity index (χ1n) is 6.53. The summed E-state index contributed by atoms with van der Waals surface area (Å²) in [6.07, 6.45) is 9.67. The Morgan fingerprint density at radius 2 is 1.60 bits per heavy atom. The second-order valence-corrected chi connectivity index (χ2v) is 4.88. The summed E-state index contributed by atoms with van der Waals surface area (Å²) in [4.78, 5) is 11.6. The minimum Gasteiger partial charge on any atom is -0.354 e. The van der Waals surface area contributed by atoms with Crippen molar-refractivity contribution < 1.29 is 4.79 Å². The molecule has 0 bridgehead atoms. The van der Waals surface area contributed by atoms with Gasteiger partial charge in [0, 0.05) is 6.54 Å². The molecule has 2 nitrogen and oxygen atoms in total. The van der Waals surface area contributed by atoms with Crippen molar-refractivity contribution in [3.63, 3.8) is 0 Å². The molecule has 1 N–H and O–H groups in total. The van der Waals surface area contributed by atoms with Crippen LogP contribution >= 0.6 is 0 Å². The van der Waals surface area contributed by atoms with Gasteiger partial charge in [-0.3, -0.25) is 4.79 Å². The molecule has 1 heterocycles. The molecule has 2 heteroatoms. The third-order valence-electron chi connectivity index (χ3n) is 3.59. The van der Waals surface area contributed by atoms with Gasteiger partial charge >= 0.3 is 0 Å². The molecule has 0 aromatic rings. The molecule has 15 heavy (non-hydrogen) atoms. The number of carbonyl (C=O) groups excluding carboxylic acids is 1. The van der Waals surface area contributed by atoms with Gasteiger partial charge in [-0.1, -0.05) is 52.4 Å². The van der Waals surface area contributed by atoms with Gasteiger partial charge in [-0.15, -0.1) is 0 Å². The molecule has 0 radical (unpaired) electrons. The van der Waals surface area contributed by atoms with Crippen LogP contribution in [0.25, 0.3) is 0 Å². The summed E-state index contributed by atoms with van der Waals surface area (Å²) in [7, 11) is 0. The van der Waals surface area contributed by atoms with Crippen LogP contribution in [0.4, 0.5) is 0 Å². The van der Waals surface area contributed by atoms with E-state index in [1.165, 1.54) is 38.5 Å². The number of nitrogens with one attached hydrogen (secondary N) is 1. The van der Waals surface area contributed by atoms with Crippen molar-refractivity contribution in [1.82, 2.24) is 5.32 Å². The number of amides is 1. The summed E-state index contributed by atoms with van der Waals surface area (Å²) in [6.45, 7) is 5.36. The fourth-order valence-electron chi connectivity index (χ4n) is 2.37. The van der Waals surface area contributed by atoms with Crippen LogP contribution in [0, 0.1) is 5.41 Å². The number of β-lactam (4-membered cyclic amide) rings is 1. The highest BCUT2D eigenvalue weighted by molar-refractivity contribution is 5.88. The largest absolute Gasteiger partial charge is 0.354 e. The fraction of sp³-hybridized carbons (Fsp3) is 0.923. The summed E-state index contributed by atoms with van der Waals surface area (Å²) >= 11 is 0. The van der Waals surface area contributed by atoms with E-state index in [0.29, 0.717) is 5.91 Å². The van der Waals surface area contributed by atoms with Crippen LogP contribution in [0.2, 0.25) is 0 Å². The van der Waals surface area contributed by atoms with Gasteiger partial charge in [0.2, 0.25) is 5.91 Å². The zero-order chi connectivity index (χ0) is 11.1. The quantitative estimate of drug-likeness (QED) is 0.484. The van der Waals surface area contributed by atoms with E-state index >= 15 is 0 Å². The van der Waals surface area contributed by atoms with Crippen LogP contribution in [0.3, 0.4) is 0 Å². The Morgan fingerprint density at radius 1 is 1.07 bits per heavy atom. The molecule has 1 amide bonds. The normalized spacial score (nSPS) is 18.4. The Morgan fingerprint density at radius 3 is 1.87 bits per heavy atom. The van der Waals surface area contributed by atoms with E-state index in [2.05, 4.69) is 19.2 Å². The zero-order valence-electron chi connectivity index (χ0n) is 10.3. The second kappa shape index (κ2) is 6.14. The first-order chi connectivity index (χ1) is 7.25. The number of carbonyl (C=O) groups is 1. The molecular weight excluding hydrogens is 186 g/mol. The third kappa shape index (κ3) is 3.22.